The molecule has 1 fully saturated rings. The minimum absolute atomic E-state index is 0.228. The van der Waals surface area contributed by atoms with Gasteiger partial charge in [-0.3, -0.25) is 5.10 Å². The van der Waals surface area contributed by atoms with E-state index in [2.05, 4.69) is 22.4 Å². The lowest BCUT2D eigenvalue weighted by molar-refractivity contribution is 0.287. The molecule has 0 bridgehead atoms. The van der Waals surface area contributed by atoms with Crippen LogP contribution in [0.15, 0.2) is 11.2 Å². The first kappa shape index (κ1) is 13.5. The summed E-state index contributed by atoms with van der Waals surface area (Å²) in [6, 6.07) is 0. The number of nitrogens with zero attached hydrogens (tertiary/aromatic N) is 2. The van der Waals surface area contributed by atoms with Gasteiger partial charge >= 0.3 is 0 Å². The van der Waals surface area contributed by atoms with Crippen molar-refractivity contribution in [2.75, 3.05) is 20.1 Å². The molecular weight excluding hydrogens is 252 g/mol. The molecule has 0 amide bonds. The van der Waals surface area contributed by atoms with E-state index in [9.17, 15) is 8.42 Å². The number of rotatable bonds is 4. The Hall–Kier alpha value is -0.920. The molecule has 1 aliphatic rings. The number of H-pyrrole nitrogens is 1. The maximum atomic E-state index is 12.5. The highest BCUT2D eigenvalue weighted by atomic mass is 32.2. The van der Waals surface area contributed by atoms with Crippen LogP contribution in [0, 0.1) is 5.92 Å². The second-order valence-electron chi connectivity index (χ2n) is 4.84. The highest BCUT2D eigenvalue weighted by Crippen LogP contribution is 2.23. The molecule has 1 aromatic rings. The van der Waals surface area contributed by atoms with E-state index >= 15 is 0 Å². The van der Waals surface area contributed by atoms with E-state index in [1.54, 1.807) is 17.5 Å². The molecule has 0 atom stereocenters. The van der Waals surface area contributed by atoms with E-state index in [4.69, 9.17) is 0 Å². The topological polar surface area (TPSA) is 78.1 Å². The van der Waals surface area contributed by atoms with Crippen molar-refractivity contribution in [2.24, 2.45) is 5.92 Å². The smallest absolute Gasteiger partial charge is 0.260 e. The van der Waals surface area contributed by atoms with Gasteiger partial charge in [-0.15, -0.1) is 0 Å². The molecule has 18 heavy (non-hydrogen) atoms. The van der Waals surface area contributed by atoms with Gasteiger partial charge in [-0.1, -0.05) is 6.92 Å². The van der Waals surface area contributed by atoms with E-state index in [0.717, 1.165) is 12.8 Å². The molecular formula is C11H20N4O2S. The summed E-state index contributed by atoms with van der Waals surface area (Å²) in [6.07, 6.45) is 3.42. The van der Waals surface area contributed by atoms with E-state index in [1.807, 2.05) is 0 Å². The molecule has 0 saturated carbocycles. The Balaban J connectivity index is 2.22. The Morgan fingerprint density at radius 3 is 2.78 bits per heavy atom. The molecule has 0 radical (unpaired) electrons. The van der Waals surface area contributed by atoms with Crippen molar-refractivity contribution in [3.63, 3.8) is 0 Å². The van der Waals surface area contributed by atoms with Crippen molar-refractivity contribution in [3.8, 4) is 0 Å². The predicted octanol–water partition coefficient (Wildman–Crippen LogP) is 0.550. The van der Waals surface area contributed by atoms with Crippen LogP contribution in [0.4, 0.5) is 0 Å². The number of nitrogens with one attached hydrogen (secondary N) is 2. The summed E-state index contributed by atoms with van der Waals surface area (Å²) in [5, 5.41) is 9.64. The highest BCUT2D eigenvalue weighted by molar-refractivity contribution is 7.89. The van der Waals surface area contributed by atoms with Crippen LogP contribution in [0.25, 0.3) is 0 Å². The van der Waals surface area contributed by atoms with Crippen molar-refractivity contribution >= 4 is 10.0 Å². The Morgan fingerprint density at radius 1 is 1.50 bits per heavy atom. The van der Waals surface area contributed by atoms with Crippen LogP contribution in [0.2, 0.25) is 0 Å². The zero-order valence-electron chi connectivity index (χ0n) is 10.8. The molecule has 0 unspecified atom stereocenters. The maximum Gasteiger partial charge on any atom is 0.260 e. The normalized spacial score (nSPS) is 19.2. The summed E-state index contributed by atoms with van der Waals surface area (Å²) < 4.78 is 26.5. The lowest BCUT2D eigenvalue weighted by atomic mass is 10.0. The van der Waals surface area contributed by atoms with Crippen molar-refractivity contribution < 1.29 is 8.42 Å². The quantitative estimate of drug-likeness (QED) is 0.839. The lowest BCUT2D eigenvalue weighted by Gasteiger charge is -2.29. The summed E-state index contributed by atoms with van der Waals surface area (Å²) in [5.41, 5.74) is 0.691. The van der Waals surface area contributed by atoms with Crippen LogP contribution in [-0.4, -0.2) is 43.1 Å². The summed E-state index contributed by atoms with van der Waals surface area (Å²) >= 11 is 0. The van der Waals surface area contributed by atoms with E-state index in [1.165, 1.54) is 0 Å². The van der Waals surface area contributed by atoms with Gasteiger partial charge in [0.2, 0.25) is 0 Å². The fraction of sp³-hybridized carbons (Fsp3) is 0.727. The fourth-order valence-corrected chi connectivity index (χ4v) is 3.77. The van der Waals surface area contributed by atoms with Crippen molar-refractivity contribution in [1.82, 2.24) is 19.8 Å². The van der Waals surface area contributed by atoms with E-state index in [-0.39, 0.29) is 5.03 Å². The van der Waals surface area contributed by atoms with Gasteiger partial charge in [0.25, 0.3) is 10.0 Å². The second-order valence-corrected chi connectivity index (χ2v) is 6.72. The van der Waals surface area contributed by atoms with Gasteiger partial charge in [0, 0.05) is 25.2 Å². The Labute approximate surface area is 108 Å². The van der Waals surface area contributed by atoms with Crippen LogP contribution in [-0.2, 0) is 16.6 Å². The number of hydrogen-bond acceptors (Lipinski definition) is 4. The van der Waals surface area contributed by atoms with Gasteiger partial charge in [0.1, 0.15) is 0 Å². The molecule has 102 valence electrons. The zero-order chi connectivity index (χ0) is 13.2. The summed E-state index contributed by atoms with van der Waals surface area (Å²) in [7, 11) is -1.64. The molecule has 0 spiro atoms. The van der Waals surface area contributed by atoms with Crippen LogP contribution in [0.5, 0.6) is 0 Å². The third-order valence-electron chi connectivity index (χ3n) is 3.39. The molecule has 1 saturated heterocycles. The zero-order valence-corrected chi connectivity index (χ0v) is 11.6. The molecule has 0 aliphatic carbocycles. The van der Waals surface area contributed by atoms with E-state index in [0.29, 0.717) is 31.1 Å². The SMILES string of the molecule is CNCc1cn[nH]c1S(=O)(=O)N1CCC(C)CC1. The van der Waals surface area contributed by atoms with Crippen LogP contribution in [0.3, 0.4) is 0 Å². The maximum absolute atomic E-state index is 12.5. The van der Waals surface area contributed by atoms with Crippen molar-refractivity contribution in [3.05, 3.63) is 11.8 Å². The monoisotopic (exact) mass is 272 g/mol. The summed E-state index contributed by atoms with van der Waals surface area (Å²) in [6.45, 7) is 3.85. The third-order valence-corrected chi connectivity index (χ3v) is 5.30. The average molecular weight is 272 g/mol. The number of aromatic amines is 1. The van der Waals surface area contributed by atoms with Crippen molar-refractivity contribution in [1.29, 1.82) is 0 Å². The molecule has 1 aliphatic heterocycles. The molecule has 2 heterocycles. The lowest BCUT2D eigenvalue weighted by Crippen LogP contribution is -2.38. The van der Waals surface area contributed by atoms with Crippen LogP contribution >= 0.6 is 0 Å². The first-order valence-electron chi connectivity index (χ1n) is 6.22. The Bertz CT molecular complexity index is 489. The number of piperidine rings is 1. The molecule has 2 rings (SSSR count). The van der Waals surface area contributed by atoms with Gasteiger partial charge in [0.15, 0.2) is 5.03 Å². The number of sulfonamides is 1. The molecule has 0 aromatic carbocycles. The average Bonchev–Trinajstić information content (AvgIpc) is 2.79. The molecule has 1 aromatic heterocycles. The summed E-state index contributed by atoms with van der Waals surface area (Å²) in [4.78, 5) is 0. The predicted molar refractivity (Wildman–Crippen MR) is 68.5 cm³/mol. The number of aromatic nitrogens is 2. The van der Waals surface area contributed by atoms with Crippen LogP contribution < -0.4 is 5.32 Å². The van der Waals surface area contributed by atoms with Gasteiger partial charge < -0.3 is 5.32 Å². The molecule has 2 N–H and O–H groups in total. The van der Waals surface area contributed by atoms with Gasteiger partial charge in [-0.25, -0.2) is 8.42 Å². The van der Waals surface area contributed by atoms with Gasteiger partial charge in [0.05, 0.1) is 6.20 Å². The van der Waals surface area contributed by atoms with Gasteiger partial charge in [-0.05, 0) is 25.8 Å². The molecule has 7 heteroatoms. The van der Waals surface area contributed by atoms with Crippen LogP contribution in [0.1, 0.15) is 25.3 Å². The minimum atomic E-state index is -3.42. The third kappa shape index (κ3) is 2.57. The Kier molecular flexibility index (Phi) is 4.04. The second kappa shape index (κ2) is 5.38. The fourth-order valence-electron chi connectivity index (χ4n) is 2.19. The van der Waals surface area contributed by atoms with Gasteiger partial charge in [-0.2, -0.15) is 9.40 Å². The largest absolute Gasteiger partial charge is 0.316 e. The first-order chi connectivity index (χ1) is 8.55. The first-order valence-corrected chi connectivity index (χ1v) is 7.66. The minimum Gasteiger partial charge on any atom is -0.316 e. The Morgan fingerprint density at radius 2 is 2.17 bits per heavy atom. The highest BCUT2D eigenvalue weighted by Gasteiger charge is 2.30. The van der Waals surface area contributed by atoms with E-state index < -0.39 is 10.0 Å². The molecule has 6 nitrogen and oxygen atoms in total. The standard InChI is InChI=1S/C11H20N4O2S/c1-9-3-5-15(6-4-9)18(16,17)11-10(7-12-2)8-13-14-11/h8-9,12H,3-7H2,1-2H3,(H,13,14). The summed E-state index contributed by atoms with van der Waals surface area (Å²) in [5.74, 6) is 0.606. The number of hydrogen-bond donors (Lipinski definition) is 2. The van der Waals surface area contributed by atoms with Crippen molar-refractivity contribution in [2.45, 2.75) is 31.3 Å².